The highest BCUT2D eigenvalue weighted by atomic mass is 16.3. The summed E-state index contributed by atoms with van der Waals surface area (Å²) in [5.41, 5.74) is 7.54. The zero-order valence-electron chi connectivity index (χ0n) is 10.9. The molecule has 0 aliphatic heterocycles. The lowest BCUT2D eigenvalue weighted by atomic mass is 10.0. The smallest absolute Gasteiger partial charge is 0.135 e. The summed E-state index contributed by atoms with van der Waals surface area (Å²) < 4.78 is 5.98. The fourth-order valence-corrected chi connectivity index (χ4v) is 3.45. The van der Waals surface area contributed by atoms with Crippen molar-refractivity contribution >= 4 is 21.9 Å². The first-order valence-corrected chi connectivity index (χ1v) is 6.93. The fourth-order valence-electron chi connectivity index (χ4n) is 3.45. The molecule has 1 aliphatic carbocycles. The molecule has 3 aromatic carbocycles. The van der Waals surface area contributed by atoms with Gasteiger partial charge in [0.15, 0.2) is 0 Å². The second kappa shape index (κ2) is 3.51. The predicted octanol–water partition coefficient (Wildman–Crippen LogP) is 5.16. The number of furan rings is 1. The summed E-state index contributed by atoms with van der Waals surface area (Å²) in [4.78, 5) is 0. The number of benzene rings is 3. The minimum Gasteiger partial charge on any atom is -0.456 e. The molecule has 0 radical (unpaired) electrons. The summed E-state index contributed by atoms with van der Waals surface area (Å²) in [5, 5.41) is 2.52. The Labute approximate surface area is 116 Å². The van der Waals surface area contributed by atoms with Gasteiger partial charge in [-0.15, -0.1) is 0 Å². The molecule has 0 saturated carbocycles. The lowest BCUT2D eigenvalue weighted by Crippen LogP contribution is -1.81. The van der Waals surface area contributed by atoms with Crippen LogP contribution in [-0.4, -0.2) is 0 Å². The third kappa shape index (κ3) is 1.17. The van der Waals surface area contributed by atoms with E-state index in [-0.39, 0.29) is 0 Å². The van der Waals surface area contributed by atoms with Crippen LogP contribution in [0.25, 0.3) is 33.1 Å². The highest BCUT2D eigenvalue weighted by Crippen LogP contribution is 2.43. The first-order chi connectivity index (χ1) is 9.92. The van der Waals surface area contributed by atoms with Gasteiger partial charge >= 0.3 is 0 Å². The maximum absolute atomic E-state index is 5.98. The quantitative estimate of drug-likeness (QED) is 0.373. The van der Waals surface area contributed by atoms with Crippen molar-refractivity contribution in [1.29, 1.82) is 0 Å². The largest absolute Gasteiger partial charge is 0.456 e. The molecule has 1 heterocycles. The molecule has 1 aliphatic rings. The standard InChI is InChI=1S/C19H12O/c1-2-6-13-12(5-1)11-16-14(13)9-10-18-19(16)15-7-3-4-8-17(15)20-18/h1-10H,11H2. The lowest BCUT2D eigenvalue weighted by molar-refractivity contribution is 0.669. The van der Waals surface area contributed by atoms with Gasteiger partial charge < -0.3 is 4.42 Å². The van der Waals surface area contributed by atoms with Crippen LogP contribution in [0.4, 0.5) is 0 Å². The van der Waals surface area contributed by atoms with Gasteiger partial charge in [-0.05, 0) is 40.8 Å². The van der Waals surface area contributed by atoms with E-state index in [4.69, 9.17) is 4.42 Å². The van der Waals surface area contributed by atoms with Crippen LogP contribution in [0.3, 0.4) is 0 Å². The molecule has 0 unspecified atom stereocenters. The summed E-state index contributed by atoms with van der Waals surface area (Å²) in [7, 11) is 0. The molecule has 0 atom stereocenters. The van der Waals surface area contributed by atoms with Gasteiger partial charge in [-0.25, -0.2) is 0 Å². The number of para-hydroxylation sites is 1. The lowest BCUT2D eigenvalue weighted by Gasteiger charge is -2.01. The SMILES string of the molecule is c1ccc2c(c1)Cc1c-2ccc2oc3ccccc3c12. The van der Waals surface area contributed by atoms with Crippen molar-refractivity contribution in [3.8, 4) is 11.1 Å². The van der Waals surface area contributed by atoms with Gasteiger partial charge in [-0.3, -0.25) is 0 Å². The first-order valence-electron chi connectivity index (χ1n) is 6.93. The Morgan fingerprint density at radius 1 is 0.700 bits per heavy atom. The van der Waals surface area contributed by atoms with E-state index in [0.29, 0.717) is 0 Å². The molecule has 1 heteroatoms. The average molecular weight is 256 g/mol. The van der Waals surface area contributed by atoms with Crippen LogP contribution in [0.1, 0.15) is 11.1 Å². The van der Waals surface area contributed by atoms with E-state index in [9.17, 15) is 0 Å². The molecule has 1 aromatic heterocycles. The minimum atomic E-state index is 0.979. The predicted molar refractivity (Wildman–Crippen MR) is 82.0 cm³/mol. The van der Waals surface area contributed by atoms with Crippen LogP contribution in [0, 0.1) is 0 Å². The average Bonchev–Trinajstić information content (AvgIpc) is 3.04. The molecule has 0 bridgehead atoms. The van der Waals surface area contributed by atoms with Crippen LogP contribution >= 0.6 is 0 Å². The first kappa shape index (κ1) is 10.3. The summed E-state index contributed by atoms with van der Waals surface area (Å²) in [5.74, 6) is 0. The van der Waals surface area contributed by atoms with Gasteiger partial charge in [0.1, 0.15) is 11.2 Å². The topological polar surface area (TPSA) is 13.1 Å². The number of hydrogen-bond acceptors (Lipinski definition) is 1. The Morgan fingerprint density at radius 2 is 1.55 bits per heavy atom. The summed E-state index contributed by atoms with van der Waals surface area (Å²) in [6.45, 7) is 0. The Hall–Kier alpha value is -2.54. The molecule has 0 fully saturated rings. The monoisotopic (exact) mass is 256 g/mol. The van der Waals surface area contributed by atoms with Crippen molar-refractivity contribution in [3.05, 3.63) is 71.8 Å². The summed E-state index contributed by atoms with van der Waals surface area (Å²) in [6.07, 6.45) is 1.01. The molecule has 5 rings (SSSR count). The molecule has 4 aromatic rings. The Balaban J connectivity index is 1.96. The van der Waals surface area contributed by atoms with Crippen LogP contribution in [-0.2, 0) is 6.42 Å². The molecule has 0 spiro atoms. The molecular formula is C19H12O. The Morgan fingerprint density at radius 3 is 2.55 bits per heavy atom. The van der Waals surface area contributed by atoms with Crippen LogP contribution in [0.2, 0.25) is 0 Å². The Bertz CT molecular complexity index is 976. The van der Waals surface area contributed by atoms with E-state index < -0.39 is 0 Å². The zero-order chi connectivity index (χ0) is 13.1. The van der Waals surface area contributed by atoms with Gasteiger partial charge in [-0.1, -0.05) is 48.5 Å². The molecule has 0 saturated heterocycles. The third-order valence-corrected chi connectivity index (χ3v) is 4.33. The highest BCUT2D eigenvalue weighted by molar-refractivity contribution is 6.09. The van der Waals surface area contributed by atoms with Gasteiger partial charge in [0.05, 0.1) is 0 Å². The maximum Gasteiger partial charge on any atom is 0.135 e. The van der Waals surface area contributed by atoms with Gasteiger partial charge in [0.2, 0.25) is 0 Å². The Kier molecular flexibility index (Phi) is 1.80. The van der Waals surface area contributed by atoms with E-state index in [0.717, 1.165) is 17.6 Å². The van der Waals surface area contributed by atoms with E-state index in [1.54, 1.807) is 0 Å². The molecule has 94 valence electrons. The van der Waals surface area contributed by atoms with Gasteiger partial charge in [0, 0.05) is 10.8 Å². The van der Waals surface area contributed by atoms with E-state index in [1.165, 1.54) is 33.0 Å². The van der Waals surface area contributed by atoms with Gasteiger partial charge in [0.25, 0.3) is 0 Å². The van der Waals surface area contributed by atoms with Crippen molar-refractivity contribution in [3.63, 3.8) is 0 Å². The highest BCUT2D eigenvalue weighted by Gasteiger charge is 2.22. The minimum absolute atomic E-state index is 0.979. The summed E-state index contributed by atoms with van der Waals surface area (Å²) >= 11 is 0. The van der Waals surface area contributed by atoms with Crippen molar-refractivity contribution in [1.82, 2.24) is 0 Å². The van der Waals surface area contributed by atoms with Crippen molar-refractivity contribution in [2.75, 3.05) is 0 Å². The zero-order valence-corrected chi connectivity index (χ0v) is 10.9. The van der Waals surface area contributed by atoms with E-state index in [2.05, 4.69) is 48.5 Å². The van der Waals surface area contributed by atoms with Crippen molar-refractivity contribution < 1.29 is 4.42 Å². The molecule has 0 amide bonds. The van der Waals surface area contributed by atoms with Crippen LogP contribution < -0.4 is 0 Å². The normalized spacial score (nSPS) is 12.8. The number of fused-ring (bicyclic) bond motifs is 7. The number of rotatable bonds is 0. The maximum atomic E-state index is 5.98. The second-order valence-corrected chi connectivity index (χ2v) is 5.40. The molecule has 20 heavy (non-hydrogen) atoms. The molecular weight excluding hydrogens is 244 g/mol. The molecule has 0 N–H and O–H groups in total. The van der Waals surface area contributed by atoms with Crippen molar-refractivity contribution in [2.24, 2.45) is 0 Å². The number of hydrogen-bond donors (Lipinski definition) is 0. The van der Waals surface area contributed by atoms with E-state index in [1.807, 2.05) is 12.1 Å². The van der Waals surface area contributed by atoms with Crippen molar-refractivity contribution in [2.45, 2.75) is 6.42 Å². The van der Waals surface area contributed by atoms with Gasteiger partial charge in [-0.2, -0.15) is 0 Å². The molecule has 1 nitrogen and oxygen atoms in total. The fraction of sp³-hybridized carbons (Fsp3) is 0.0526. The van der Waals surface area contributed by atoms with Crippen LogP contribution in [0.5, 0.6) is 0 Å². The second-order valence-electron chi connectivity index (χ2n) is 5.40. The third-order valence-electron chi connectivity index (χ3n) is 4.33. The van der Waals surface area contributed by atoms with E-state index >= 15 is 0 Å². The summed E-state index contributed by atoms with van der Waals surface area (Å²) in [6, 6.07) is 21.3. The van der Waals surface area contributed by atoms with Crippen LogP contribution in [0.15, 0.2) is 65.1 Å².